The van der Waals surface area contributed by atoms with Crippen LogP contribution in [0.2, 0.25) is 0 Å². The molecule has 2 N–H and O–H groups in total. The van der Waals surface area contributed by atoms with E-state index < -0.39 is 5.54 Å². The van der Waals surface area contributed by atoms with Crippen molar-refractivity contribution in [2.75, 3.05) is 19.6 Å². The Morgan fingerprint density at radius 2 is 2.07 bits per heavy atom. The van der Waals surface area contributed by atoms with Gasteiger partial charge in [-0.1, -0.05) is 6.92 Å². The summed E-state index contributed by atoms with van der Waals surface area (Å²) in [6.07, 6.45) is 0. The van der Waals surface area contributed by atoms with Crippen molar-refractivity contribution in [1.29, 1.82) is 0 Å². The van der Waals surface area contributed by atoms with Crippen LogP contribution in [-0.2, 0) is 4.79 Å². The summed E-state index contributed by atoms with van der Waals surface area (Å²) in [7, 11) is 0. The molecule has 0 spiro atoms. The molecular formula is C9H17N3O2. The van der Waals surface area contributed by atoms with Gasteiger partial charge in [-0.25, -0.2) is 4.79 Å². The topological polar surface area (TPSA) is 61.4 Å². The van der Waals surface area contributed by atoms with E-state index in [4.69, 9.17) is 0 Å². The lowest BCUT2D eigenvalue weighted by Gasteiger charge is -2.15. The third-order valence-corrected chi connectivity index (χ3v) is 2.21. The Labute approximate surface area is 83.8 Å². The lowest BCUT2D eigenvalue weighted by molar-refractivity contribution is -0.130. The average Bonchev–Trinajstić information content (AvgIpc) is 2.27. The first-order chi connectivity index (χ1) is 6.49. The summed E-state index contributed by atoms with van der Waals surface area (Å²) >= 11 is 0. The summed E-state index contributed by atoms with van der Waals surface area (Å²) in [5, 5.41) is 5.70. The molecular weight excluding hydrogens is 182 g/mol. The number of rotatable bonds is 4. The first-order valence-electron chi connectivity index (χ1n) is 4.84. The lowest BCUT2D eigenvalue weighted by Crippen LogP contribution is -2.41. The Hall–Kier alpha value is -1.10. The van der Waals surface area contributed by atoms with E-state index in [0.717, 1.165) is 6.54 Å². The van der Waals surface area contributed by atoms with Crippen LogP contribution in [-0.4, -0.2) is 42.0 Å². The molecule has 0 aromatic heterocycles. The molecule has 0 aromatic rings. The van der Waals surface area contributed by atoms with Gasteiger partial charge in [-0.15, -0.1) is 0 Å². The fourth-order valence-electron chi connectivity index (χ4n) is 1.39. The molecule has 1 saturated heterocycles. The zero-order valence-corrected chi connectivity index (χ0v) is 8.89. The van der Waals surface area contributed by atoms with E-state index in [1.54, 1.807) is 13.8 Å². The maximum atomic E-state index is 11.6. The van der Waals surface area contributed by atoms with Gasteiger partial charge in [-0.3, -0.25) is 9.69 Å². The van der Waals surface area contributed by atoms with Crippen molar-refractivity contribution < 1.29 is 9.59 Å². The highest BCUT2D eigenvalue weighted by atomic mass is 16.2. The van der Waals surface area contributed by atoms with E-state index in [-0.39, 0.29) is 11.9 Å². The van der Waals surface area contributed by atoms with Gasteiger partial charge in [-0.2, -0.15) is 0 Å². The molecule has 5 nitrogen and oxygen atoms in total. The molecule has 0 unspecified atom stereocenters. The van der Waals surface area contributed by atoms with Crippen LogP contribution in [0.1, 0.15) is 20.8 Å². The third-order valence-electron chi connectivity index (χ3n) is 2.21. The smallest absolute Gasteiger partial charge is 0.324 e. The fourth-order valence-corrected chi connectivity index (χ4v) is 1.39. The summed E-state index contributed by atoms with van der Waals surface area (Å²) in [4.78, 5) is 24.3. The second-order valence-corrected chi connectivity index (χ2v) is 3.87. The van der Waals surface area contributed by atoms with Crippen LogP contribution < -0.4 is 10.6 Å². The average molecular weight is 199 g/mol. The molecule has 0 bridgehead atoms. The summed E-state index contributed by atoms with van der Waals surface area (Å²) in [5.74, 6) is -0.152. The standard InChI is InChI=1S/C9H17N3O2/c1-4-10-5-6-12-7(13)9(2,3)11-8(12)14/h10H,4-6H2,1-3H3,(H,11,14). The molecule has 3 amide bonds. The molecule has 0 radical (unpaired) electrons. The van der Waals surface area contributed by atoms with Crippen molar-refractivity contribution in [1.82, 2.24) is 15.5 Å². The number of urea groups is 1. The molecule has 1 fully saturated rings. The molecule has 1 aliphatic rings. The second-order valence-electron chi connectivity index (χ2n) is 3.87. The maximum Gasteiger partial charge on any atom is 0.325 e. The van der Waals surface area contributed by atoms with Crippen LogP contribution in [0.25, 0.3) is 0 Å². The normalized spacial score (nSPS) is 20.1. The molecule has 1 aliphatic heterocycles. The van der Waals surface area contributed by atoms with Gasteiger partial charge in [0, 0.05) is 13.1 Å². The minimum Gasteiger partial charge on any atom is -0.324 e. The first-order valence-corrected chi connectivity index (χ1v) is 4.84. The number of likely N-dealkylation sites (N-methyl/N-ethyl adjacent to an activating group) is 1. The van der Waals surface area contributed by atoms with E-state index >= 15 is 0 Å². The van der Waals surface area contributed by atoms with Gasteiger partial charge in [0.15, 0.2) is 0 Å². The van der Waals surface area contributed by atoms with Gasteiger partial charge in [0.25, 0.3) is 5.91 Å². The Morgan fingerprint density at radius 1 is 1.43 bits per heavy atom. The Kier molecular flexibility index (Phi) is 3.10. The molecule has 0 aliphatic carbocycles. The van der Waals surface area contributed by atoms with Crippen LogP contribution in [0.3, 0.4) is 0 Å². The zero-order valence-electron chi connectivity index (χ0n) is 8.89. The van der Waals surface area contributed by atoms with Gasteiger partial charge < -0.3 is 10.6 Å². The van der Waals surface area contributed by atoms with Crippen LogP contribution in [0.4, 0.5) is 4.79 Å². The van der Waals surface area contributed by atoms with Crippen molar-refractivity contribution in [3.8, 4) is 0 Å². The molecule has 0 aromatic carbocycles. The SMILES string of the molecule is CCNCCN1C(=O)NC(C)(C)C1=O. The van der Waals surface area contributed by atoms with Crippen LogP contribution in [0.5, 0.6) is 0 Å². The van der Waals surface area contributed by atoms with Crippen LogP contribution >= 0.6 is 0 Å². The Bertz CT molecular complexity index is 250. The van der Waals surface area contributed by atoms with Gasteiger partial charge in [0.05, 0.1) is 0 Å². The third kappa shape index (κ3) is 2.04. The maximum absolute atomic E-state index is 11.6. The summed E-state index contributed by atoms with van der Waals surface area (Å²) in [5.41, 5.74) is -0.747. The largest absolute Gasteiger partial charge is 0.325 e. The molecule has 0 saturated carbocycles. The van der Waals surface area contributed by atoms with Gasteiger partial charge >= 0.3 is 6.03 Å². The summed E-state index contributed by atoms with van der Waals surface area (Å²) in [6, 6.07) is -0.294. The van der Waals surface area contributed by atoms with Crippen molar-refractivity contribution in [2.24, 2.45) is 0 Å². The zero-order chi connectivity index (χ0) is 10.8. The highest BCUT2D eigenvalue weighted by molar-refractivity contribution is 6.06. The molecule has 14 heavy (non-hydrogen) atoms. The Morgan fingerprint density at radius 3 is 2.50 bits per heavy atom. The van der Waals surface area contributed by atoms with Crippen molar-refractivity contribution in [2.45, 2.75) is 26.3 Å². The number of carbonyl (C=O) groups is 2. The van der Waals surface area contributed by atoms with Gasteiger partial charge in [0.1, 0.15) is 5.54 Å². The molecule has 1 heterocycles. The minimum absolute atomic E-state index is 0.152. The highest BCUT2D eigenvalue weighted by Crippen LogP contribution is 2.15. The lowest BCUT2D eigenvalue weighted by atomic mass is 10.1. The van der Waals surface area contributed by atoms with Crippen LogP contribution in [0, 0.1) is 0 Å². The van der Waals surface area contributed by atoms with Crippen LogP contribution in [0.15, 0.2) is 0 Å². The summed E-state index contributed by atoms with van der Waals surface area (Å²) < 4.78 is 0. The number of amides is 3. The molecule has 5 heteroatoms. The van der Waals surface area contributed by atoms with E-state index in [2.05, 4.69) is 10.6 Å². The van der Waals surface area contributed by atoms with Crippen molar-refractivity contribution in [3.05, 3.63) is 0 Å². The van der Waals surface area contributed by atoms with Crippen molar-refractivity contribution >= 4 is 11.9 Å². The summed E-state index contributed by atoms with van der Waals surface area (Å²) in [6.45, 7) is 7.32. The highest BCUT2D eigenvalue weighted by Gasteiger charge is 2.43. The Balaban J connectivity index is 2.53. The predicted octanol–water partition coefficient (Wildman–Crippen LogP) is -0.0737. The van der Waals surface area contributed by atoms with E-state index in [1.807, 2.05) is 6.92 Å². The van der Waals surface area contributed by atoms with E-state index in [0.29, 0.717) is 13.1 Å². The number of carbonyl (C=O) groups excluding carboxylic acids is 2. The van der Waals surface area contributed by atoms with Gasteiger partial charge in [0.2, 0.25) is 0 Å². The monoisotopic (exact) mass is 199 g/mol. The molecule has 1 rings (SSSR count). The van der Waals surface area contributed by atoms with E-state index in [9.17, 15) is 9.59 Å². The number of hydrogen-bond donors (Lipinski definition) is 2. The quantitative estimate of drug-likeness (QED) is 0.492. The number of nitrogens with one attached hydrogen (secondary N) is 2. The van der Waals surface area contributed by atoms with Gasteiger partial charge in [-0.05, 0) is 20.4 Å². The fraction of sp³-hybridized carbons (Fsp3) is 0.778. The van der Waals surface area contributed by atoms with Crippen molar-refractivity contribution in [3.63, 3.8) is 0 Å². The molecule has 0 atom stereocenters. The van der Waals surface area contributed by atoms with E-state index in [1.165, 1.54) is 4.90 Å². The first kappa shape index (κ1) is 11.0. The number of nitrogens with zero attached hydrogens (tertiary/aromatic N) is 1. The second kappa shape index (κ2) is 3.96. The minimum atomic E-state index is -0.747. The predicted molar refractivity (Wildman–Crippen MR) is 52.9 cm³/mol. The number of hydrogen-bond acceptors (Lipinski definition) is 3. The molecule has 80 valence electrons. The number of imide groups is 1.